The molecule has 0 aromatic carbocycles. The van der Waals surface area contributed by atoms with E-state index in [0.717, 1.165) is 0 Å². The molecule has 2 unspecified atom stereocenters. The summed E-state index contributed by atoms with van der Waals surface area (Å²) in [4.78, 5) is 10.7. The molecule has 1 N–H and O–H groups in total. The number of hydrogen-bond acceptors (Lipinski definition) is 2. The van der Waals surface area contributed by atoms with Crippen LogP contribution in [0.3, 0.4) is 0 Å². The average molecular weight is 164 g/mol. The van der Waals surface area contributed by atoms with Crippen molar-refractivity contribution < 1.29 is 14.6 Å². The quantitative estimate of drug-likeness (QED) is 0.631. The minimum Gasteiger partial charge on any atom is -0.493 e. The van der Waals surface area contributed by atoms with Crippen molar-refractivity contribution in [2.75, 3.05) is 0 Å². The van der Waals surface area contributed by atoms with Gasteiger partial charge in [0.25, 0.3) is 0 Å². The van der Waals surface area contributed by atoms with Gasteiger partial charge < -0.3 is 9.84 Å². The number of rotatable bonds is 1. The summed E-state index contributed by atoms with van der Waals surface area (Å²) in [5.74, 6) is -0.975. The molecule has 0 saturated carbocycles. The summed E-state index contributed by atoms with van der Waals surface area (Å²) in [6.07, 6.45) is 8.41. The molecule has 3 heteroatoms. The topological polar surface area (TPSA) is 46.5 Å². The van der Waals surface area contributed by atoms with Crippen molar-refractivity contribution in [1.82, 2.24) is 0 Å². The van der Waals surface area contributed by atoms with Gasteiger partial charge in [0.15, 0.2) is 0 Å². The fourth-order valence-corrected chi connectivity index (χ4v) is 1.45. The van der Waals surface area contributed by atoms with Crippen molar-refractivity contribution in [3.05, 3.63) is 36.1 Å². The molecule has 62 valence electrons. The highest BCUT2D eigenvalue weighted by atomic mass is 16.5. The number of carboxylic acids is 1. The molecule has 0 radical (unpaired) electrons. The molecule has 2 atom stereocenters. The highest BCUT2D eigenvalue weighted by Crippen LogP contribution is 2.29. The maximum Gasteiger partial charge on any atom is 0.332 e. The Kier molecular flexibility index (Phi) is 1.50. The molecule has 1 aliphatic heterocycles. The fraction of sp³-hybridized carbons (Fsp3) is 0.222. The second-order valence-corrected chi connectivity index (χ2v) is 2.77. The van der Waals surface area contributed by atoms with Gasteiger partial charge in [0.05, 0.1) is 12.2 Å². The van der Waals surface area contributed by atoms with Crippen molar-refractivity contribution in [1.29, 1.82) is 0 Å². The Bertz CT molecular complexity index is 299. The number of allylic oxidation sites excluding steroid dienone is 2. The van der Waals surface area contributed by atoms with E-state index in [2.05, 4.69) is 0 Å². The second-order valence-electron chi connectivity index (χ2n) is 2.77. The normalized spacial score (nSPS) is 30.8. The van der Waals surface area contributed by atoms with Crippen LogP contribution in [0, 0.1) is 5.92 Å². The Labute approximate surface area is 69.6 Å². The Hall–Kier alpha value is -1.51. The zero-order valence-corrected chi connectivity index (χ0v) is 6.31. The van der Waals surface area contributed by atoms with Crippen LogP contribution in [-0.2, 0) is 9.53 Å². The first kappa shape index (κ1) is 7.16. The van der Waals surface area contributed by atoms with Crippen LogP contribution in [-0.4, -0.2) is 17.2 Å². The smallest absolute Gasteiger partial charge is 0.332 e. The SMILES string of the molecule is O=C(O)C1=CC=CC2OC=CC12. The van der Waals surface area contributed by atoms with Crippen LogP contribution in [0.25, 0.3) is 0 Å². The molecule has 1 aliphatic carbocycles. The summed E-state index contributed by atoms with van der Waals surface area (Å²) >= 11 is 0. The summed E-state index contributed by atoms with van der Waals surface area (Å²) in [6.45, 7) is 0. The molecule has 1 heterocycles. The molecular weight excluding hydrogens is 156 g/mol. The summed E-state index contributed by atoms with van der Waals surface area (Å²) in [6, 6.07) is 0. The summed E-state index contributed by atoms with van der Waals surface area (Å²) < 4.78 is 5.17. The number of carbonyl (C=O) groups is 1. The van der Waals surface area contributed by atoms with Crippen molar-refractivity contribution in [3.8, 4) is 0 Å². The van der Waals surface area contributed by atoms with Crippen molar-refractivity contribution >= 4 is 5.97 Å². The van der Waals surface area contributed by atoms with Crippen molar-refractivity contribution in [3.63, 3.8) is 0 Å². The summed E-state index contributed by atoms with van der Waals surface area (Å²) in [7, 11) is 0. The highest BCUT2D eigenvalue weighted by molar-refractivity contribution is 5.88. The molecule has 0 amide bonds. The van der Waals surface area contributed by atoms with Crippen LogP contribution >= 0.6 is 0 Å². The van der Waals surface area contributed by atoms with Gasteiger partial charge in [-0.2, -0.15) is 0 Å². The van der Waals surface area contributed by atoms with E-state index >= 15 is 0 Å². The van der Waals surface area contributed by atoms with E-state index in [4.69, 9.17) is 9.84 Å². The van der Waals surface area contributed by atoms with Crippen molar-refractivity contribution in [2.24, 2.45) is 5.92 Å². The first-order valence-corrected chi connectivity index (χ1v) is 3.73. The van der Waals surface area contributed by atoms with Gasteiger partial charge >= 0.3 is 5.97 Å². The van der Waals surface area contributed by atoms with Gasteiger partial charge in [0.1, 0.15) is 6.10 Å². The van der Waals surface area contributed by atoms with Crippen LogP contribution in [0.15, 0.2) is 36.1 Å². The lowest BCUT2D eigenvalue weighted by atomic mass is 9.90. The van der Waals surface area contributed by atoms with Gasteiger partial charge in [0.2, 0.25) is 0 Å². The first-order chi connectivity index (χ1) is 5.79. The molecule has 2 rings (SSSR count). The Balaban J connectivity index is 2.32. The zero-order chi connectivity index (χ0) is 8.55. The van der Waals surface area contributed by atoms with Gasteiger partial charge in [-0.1, -0.05) is 12.2 Å². The van der Waals surface area contributed by atoms with Crippen LogP contribution in [0.5, 0.6) is 0 Å². The minimum atomic E-state index is -0.871. The highest BCUT2D eigenvalue weighted by Gasteiger charge is 2.30. The van der Waals surface area contributed by atoms with Crippen LogP contribution in [0.1, 0.15) is 0 Å². The van der Waals surface area contributed by atoms with E-state index in [0.29, 0.717) is 5.57 Å². The monoisotopic (exact) mass is 164 g/mol. The molecule has 3 nitrogen and oxygen atoms in total. The van der Waals surface area contributed by atoms with Gasteiger partial charge in [0, 0.05) is 5.57 Å². The van der Waals surface area contributed by atoms with Crippen LogP contribution < -0.4 is 0 Å². The largest absolute Gasteiger partial charge is 0.493 e. The van der Waals surface area contributed by atoms with E-state index < -0.39 is 5.97 Å². The van der Waals surface area contributed by atoms with Gasteiger partial charge in [-0.15, -0.1) is 0 Å². The van der Waals surface area contributed by atoms with E-state index in [1.54, 1.807) is 24.5 Å². The minimum absolute atomic E-state index is 0.104. The third-order valence-electron chi connectivity index (χ3n) is 2.06. The Morgan fingerprint density at radius 2 is 2.33 bits per heavy atom. The second kappa shape index (κ2) is 2.52. The average Bonchev–Trinajstić information content (AvgIpc) is 2.49. The molecule has 0 spiro atoms. The number of carboxylic acid groups (broad SMARTS) is 1. The lowest BCUT2D eigenvalue weighted by molar-refractivity contribution is -0.133. The lowest BCUT2D eigenvalue weighted by Gasteiger charge is -2.18. The zero-order valence-electron chi connectivity index (χ0n) is 6.31. The molecule has 0 fully saturated rings. The van der Waals surface area contributed by atoms with Crippen LogP contribution in [0.4, 0.5) is 0 Å². The van der Waals surface area contributed by atoms with Crippen molar-refractivity contribution in [2.45, 2.75) is 6.10 Å². The Morgan fingerprint density at radius 3 is 3.08 bits per heavy atom. The molecule has 0 aromatic rings. The molecule has 0 saturated heterocycles. The predicted molar refractivity (Wildman–Crippen MR) is 42.4 cm³/mol. The fourth-order valence-electron chi connectivity index (χ4n) is 1.45. The number of ether oxygens (including phenoxy) is 1. The maximum absolute atomic E-state index is 10.7. The van der Waals surface area contributed by atoms with E-state index in [1.165, 1.54) is 0 Å². The molecule has 0 aromatic heterocycles. The van der Waals surface area contributed by atoms with E-state index in [-0.39, 0.29) is 12.0 Å². The first-order valence-electron chi connectivity index (χ1n) is 3.73. The summed E-state index contributed by atoms with van der Waals surface area (Å²) in [5, 5.41) is 8.79. The number of aliphatic carboxylic acids is 1. The predicted octanol–water partition coefficient (Wildman–Crippen LogP) is 1.10. The maximum atomic E-state index is 10.7. The third kappa shape index (κ3) is 0.942. The van der Waals surface area contributed by atoms with E-state index in [1.807, 2.05) is 6.08 Å². The third-order valence-corrected chi connectivity index (χ3v) is 2.06. The standard InChI is InChI=1S/C9H8O3/c10-9(11)7-2-1-3-8-6(7)4-5-12-8/h1-6,8H,(H,10,11). The summed E-state index contributed by atoms with van der Waals surface area (Å²) in [5.41, 5.74) is 0.399. The van der Waals surface area contributed by atoms with Gasteiger partial charge in [-0.3, -0.25) is 0 Å². The molecule has 0 bridgehead atoms. The molecule has 12 heavy (non-hydrogen) atoms. The lowest BCUT2D eigenvalue weighted by Crippen LogP contribution is -2.22. The Morgan fingerprint density at radius 1 is 1.50 bits per heavy atom. The number of fused-ring (bicyclic) bond motifs is 1. The van der Waals surface area contributed by atoms with Gasteiger partial charge in [-0.25, -0.2) is 4.79 Å². The van der Waals surface area contributed by atoms with Gasteiger partial charge in [-0.05, 0) is 12.2 Å². The van der Waals surface area contributed by atoms with E-state index in [9.17, 15) is 4.79 Å². The molecular formula is C9H8O3. The van der Waals surface area contributed by atoms with Crippen LogP contribution in [0.2, 0.25) is 0 Å². The molecule has 2 aliphatic rings. The number of hydrogen-bond donors (Lipinski definition) is 1.